The van der Waals surface area contributed by atoms with Crippen molar-refractivity contribution in [2.24, 2.45) is 0 Å². The number of fused-ring (bicyclic) bond motifs is 1. The van der Waals surface area contributed by atoms with Crippen molar-refractivity contribution in [2.75, 3.05) is 13.3 Å². The van der Waals surface area contributed by atoms with Gasteiger partial charge in [0.1, 0.15) is 0 Å². The highest BCUT2D eigenvalue weighted by atomic mass is 16.7. The van der Waals surface area contributed by atoms with Gasteiger partial charge in [-0.2, -0.15) is 0 Å². The number of hydrogen-bond donors (Lipinski definition) is 2. The highest BCUT2D eigenvalue weighted by molar-refractivity contribution is 5.44. The minimum Gasteiger partial charge on any atom is -0.454 e. The molecule has 17 heavy (non-hydrogen) atoms. The third-order valence-corrected chi connectivity index (χ3v) is 2.77. The zero-order chi connectivity index (χ0) is 12.1. The molecule has 1 aliphatic heterocycles. The molecule has 1 unspecified atom stereocenters. The van der Waals surface area contributed by atoms with Gasteiger partial charge in [-0.1, -0.05) is 19.4 Å². The van der Waals surface area contributed by atoms with Crippen molar-refractivity contribution in [2.45, 2.75) is 32.4 Å². The number of ether oxygens (including phenoxy) is 2. The molecule has 2 rings (SSSR count). The van der Waals surface area contributed by atoms with E-state index >= 15 is 0 Å². The molecule has 0 bridgehead atoms. The van der Waals surface area contributed by atoms with Gasteiger partial charge in [-0.05, 0) is 24.1 Å². The van der Waals surface area contributed by atoms with E-state index in [1.165, 1.54) is 0 Å². The smallest absolute Gasteiger partial charge is 0.231 e. The van der Waals surface area contributed by atoms with E-state index in [1.54, 1.807) is 0 Å². The van der Waals surface area contributed by atoms with Gasteiger partial charge in [-0.25, -0.2) is 0 Å². The van der Waals surface area contributed by atoms with Gasteiger partial charge in [0.25, 0.3) is 0 Å². The Morgan fingerprint density at radius 3 is 3.00 bits per heavy atom. The fourth-order valence-electron chi connectivity index (χ4n) is 1.87. The minimum atomic E-state index is -0.256. The average Bonchev–Trinajstić information content (AvgIpc) is 2.76. The van der Waals surface area contributed by atoms with Crippen molar-refractivity contribution in [3.8, 4) is 11.5 Å². The third kappa shape index (κ3) is 3.35. The molecule has 2 N–H and O–H groups in total. The number of aliphatic hydroxyl groups excluding tert-OH is 1. The van der Waals surface area contributed by atoms with Crippen LogP contribution >= 0.6 is 0 Å². The van der Waals surface area contributed by atoms with Crippen molar-refractivity contribution in [3.63, 3.8) is 0 Å². The van der Waals surface area contributed by atoms with Crippen molar-refractivity contribution in [1.82, 2.24) is 5.32 Å². The Morgan fingerprint density at radius 2 is 2.18 bits per heavy atom. The summed E-state index contributed by atoms with van der Waals surface area (Å²) in [5.74, 6) is 1.61. The lowest BCUT2D eigenvalue weighted by molar-refractivity contribution is 0.160. The van der Waals surface area contributed by atoms with E-state index in [2.05, 4.69) is 12.2 Å². The molecule has 94 valence electrons. The van der Waals surface area contributed by atoms with E-state index in [-0.39, 0.29) is 6.10 Å². The van der Waals surface area contributed by atoms with Crippen LogP contribution in [0.5, 0.6) is 11.5 Å². The van der Waals surface area contributed by atoms with Gasteiger partial charge in [-0.15, -0.1) is 0 Å². The molecule has 4 nitrogen and oxygen atoms in total. The van der Waals surface area contributed by atoms with E-state index < -0.39 is 0 Å². The third-order valence-electron chi connectivity index (χ3n) is 2.77. The number of hydrogen-bond acceptors (Lipinski definition) is 4. The molecule has 0 fully saturated rings. The van der Waals surface area contributed by atoms with Crippen LogP contribution in [0.3, 0.4) is 0 Å². The van der Waals surface area contributed by atoms with E-state index in [1.807, 2.05) is 18.2 Å². The van der Waals surface area contributed by atoms with Gasteiger partial charge >= 0.3 is 0 Å². The second-order valence-corrected chi connectivity index (χ2v) is 4.26. The van der Waals surface area contributed by atoms with E-state index in [0.717, 1.165) is 36.4 Å². The SMILES string of the molecule is CCCC(O)CNCc1ccc2c(c1)OCO2. The fourth-order valence-corrected chi connectivity index (χ4v) is 1.87. The summed E-state index contributed by atoms with van der Waals surface area (Å²) in [5, 5.41) is 12.8. The predicted octanol–water partition coefficient (Wildman–Crippen LogP) is 1.67. The molecule has 1 aliphatic rings. The maximum absolute atomic E-state index is 9.57. The maximum atomic E-state index is 9.57. The summed E-state index contributed by atoms with van der Waals surface area (Å²) in [6, 6.07) is 5.90. The first-order chi connectivity index (χ1) is 8.29. The van der Waals surface area contributed by atoms with Gasteiger partial charge in [0.05, 0.1) is 6.10 Å². The van der Waals surface area contributed by atoms with Crippen LogP contribution in [0.25, 0.3) is 0 Å². The first-order valence-electron chi connectivity index (χ1n) is 6.07. The van der Waals surface area contributed by atoms with Crippen LogP contribution in [0.1, 0.15) is 25.3 Å². The molecule has 0 saturated heterocycles. The number of aliphatic hydroxyl groups is 1. The Hall–Kier alpha value is -1.26. The highest BCUT2D eigenvalue weighted by Crippen LogP contribution is 2.32. The quantitative estimate of drug-likeness (QED) is 0.790. The van der Waals surface area contributed by atoms with Gasteiger partial charge < -0.3 is 19.9 Å². The average molecular weight is 237 g/mol. The lowest BCUT2D eigenvalue weighted by Gasteiger charge is -2.10. The molecule has 1 aromatic carbocycles. The second kappa shape index (κ2) is 5.89. The molecule has 0 amide bonds. The van der Waals surface area contributed by atoms with Crippen LogP contribution < -0.4 is 14.8 Å². The summed E-state index contributed by atoms with van der Waals surface area (Å²) >= 11 is 0. The van der Waals surface area contributed by atoms with E-state index in [4.69, 9.17) is 9.47 Å². The van der Waals surface area contributed by atoms with Crippen molar-refractivity contribution >= 4 is 0 Å². The van der Waals surface area contributed by atoms with Crippen LogP contribution in [-0.2, 0) is 6.54 Å². The standard InChI is InChI=1S/C13H19NO3/c1-2-3-11(15)8-14-7-10-4-5-12-13(6-10)17-9-16-12/h4-6,11,14-15H,2-3,7-9H2,1H3. The Balaban J connectivity index is 1.79. The molecular weight excluding hydrogens is 218 g/mol. The highest BCUT2D eigenvalue weighted by Gasteiger charge is 2.12. The summed E-state index contributed by atoms with van der Waals surface area (Å²) in [7, 11) is 0. The molecule has 1 atom stereocenters. The molecule has 0 aromatic heterocycles. The predicted molar refractivity (Wildman–Crippen MR) is 65.2 cm³/mol. The Kier molecular flexibility index (Phi) is 4.23. The number of rotatable bonds is 6. The Bertz CT molecular complexity index is 368. The fraction of sp³-hybridized carbons (Fsp3) is 0.538. The Labute approximate surface area is 102 Å². The van der Waals surface area contributed by atoms with Crippen LogP contribution in [0.4, 0.5) is 0 Å². The van der Waals surface area contributed by atoms with Gasteiger partial charge in [0.2, 0.25) is 6.79 Å². The molecule has 4 heteroatoms. The first kappa shape index (κ1) is 12.2. The molecular formula is C13H19NO3. The summed E-state index contributed by atoms with van der Waals surface area (Å²) in [4.78, 5) is 0. The topological polar surface area (TPSA) is 50.7 Å². The largest absolute Gasteiger partial charge is 0.454 e. The van der Waals surface area contributed by atoms with Crippen molar-refractivity contribution < 1.29 is 14.6 Å². The van der Waals surface area contributed by atoms with Crippen LogP contribution in [0.2, 0.25) is 0 Å². The first-order valence-corrected chi connectivity index (χ1v) is 6.07. The minimum absolute atomic E-state index is 0.256. The zero-order valence-electron chi connectivity index (χ0n) is 10.1. The van der Waals surface area contributed by atoms with E-state index in [0.29, 0.717) is 13.3 Å². The monoisotopic (exact) mass is 237 g/mol. The summed E-state index contributed by atoms with van der Waals surface area (Å²) < 4.78 is 10.6. The number of benzene rings is 1. The lowest BCUT2D eigenvalue weighted by atomic mass is 10.2. The van der Waals surface area contributed by atoms with E-state index in [9.17, 15) is 5.11 Å². The summed E-state index contributed by atoms with van der Waals surface area (Å²) in [5.41, 5.74) is 1.14. The number of nitrogens with one attached hydrogen (secondary N) is 1. The molecule has 1 aromatic rings. The lowest BCUT2D eigenvalue weighted by Crippen LogP contribution is -2.26. The summed E-state index contributed by atoms with van der Waals surface area (Å²) in [6.45, 7) is 3.74. The molecule has 0 radical (unpaired) electrons. The maximum Gasteiger partial charge on any atom is 0.231 e. The van der Waals surface area contributed by atoms with Crippen LogP contribution in [0, 0.1) is 0 Å². The van der Waals surface area contributed by atoms with Crippen molar-refractivity contribution in [3.05, 3.63) is 23.8 Å². The molecule has 0 saturated carbocycles. The van der Waals surface area contributed by atoms with Gasteiger partial charge in [-0.3, -0.25) is 0 Å². The molecule has 0 aliphatic carbocycles. The Morgan fingerprint density at radius 1 is 1.35 bits per heavy atom. The molecule has 0 spiro atoms. The van der Waals surface area contributed by atoms with Gasteiger partial charge in [0.15, 0.2) is 11.5 Å². The zero-order valence-corrected chi connectivity index (χ0v) is 10.1. The van der Waals surface area contributed by atoms with Crippen LogP contribution in [0.15, 0.2) is 18.2 Å². The molecule has 1 heterocycles. The van der Waals surface area contributed by atoms with Gasteiger partial charge in [0, 0.05) is 13.1 Å². The van der Waals surface area contributed by atoms with Crippen LogP contribution in [-0.4, -0.2) is 24.5 Å². The van der Waals surface area contributed by atoms with Crippen molar-refractivity contribution in [1.29, 1.82) is 0 Å². The normalized spacial score (nSPS) is 14.9. The second-order valence-electron chi connectivity index (χ2n) is 4.26. The summed E-state index contributed by atoms with van der Waals surface area (Å²) in [6.07, 6.45) is 1.59.